The van der Waals surface area contributed by atoms with Gasteiger partial charge in [-0.05, 0) is 18.2 Å². The first-order chi connectivity index (χ1) is 12.0. The number of fused-ring (bicyclic) bond motifs is 1. The number of phosphoric acid groups is 1. The summed E-state index contributed by atoms with van der Waals surface area (Å²) >= 11 is 0. The molecule has 0 aliphatic carbocycles. The molecule has 0 amide bonds. The van der Waals surface area contributed by atoms with E-state index in [2.05, 4.69) is 0 Å². The fourth-order valence-corrected chi connectivity index (χ4v) is 2.07. The molecule has 26 heavy (non-hydrogen) atoms. The predicted octanol–water partition coefficient (Wildman–Crippen LogP) is 1.35. The summed E-state index contributed by atoms with van der Waals surface area (Å²) in [4.78, 5) is 33.6. The largest absolute Gasteiger partial charge is 0.508 e. The Labute approximate surface area is 144 Å². The summed E-state index contributed by atoms with van der Waals surface area (Å²) in [5.74, 6) is -1.13. The second kappa shape index (κ2) is 7.06. The van der Waals surface area contributed by atoms with Crippen LogP contribution in [0.25, 0.3) is 22.3 Å². The van der Waals surface area contributed by atoms with Crippen molar-refractivity contribution in [2.45, 2.75) is 0 Å². The maximum absolute atomic E-state index is 12.0. The molecule has 1 aromatic heterocycles. The normalized spacial score (nSPS) is 11.0. The molecule has 0 unspecified atom stereocenters. The summed E-state index contributed by atoms with van der Waals surface area (Å²) < 4.78 is 14.4. The van der Waals surface area contributed by atoms with E-state index in [-0.39, 0.29) is 39.7 Å². The van der Waals surface area contributed by atoms with E-state index in [1.165, 1.54) is 24.3 Å². The molecule has 138 valence electrons. The Morgan fingerprint density at radius 3 is 2.00 bits per heavy atom. The summed E-state index contributed by atoms with van der Waals surface area (Å²) in [6.45, 7) is 0. The molecule has 0 radical (unpaired) electrons. The standard InChI is InChI=1S/C15H10O6.H3O4P/c16-8-4-11(19)15-12(20)6-13(21-14(15)5-8)7-1-2-9(17)10(18)3-7;1-5(2,3)4/h1-6,16-19H;(H3,1,2,3,4). The van der Waals surface area contributed by atoms with Crippen LogP contribution in [0.2, 0.25) is 0 Å². The fourth-order valence-electron chi connectivity index (χ4n) is 2.07. The van der Waals surface area contributed by atoms with E-state index in [9.17, 15) is 25.2 Å². The Morgan fingerprint density at radius 1 is 0.808 bits per heavy atom. The maximum atomic E-state index is 12.0. The molecule has 0 aliphatic rings. The van der Waals surface area contributed by atoms with Crippen LogP contribution in [0.4, 0.5) is 0 Å². The average Bonchev–Trinajstić information content (AvgIpc) is 2.47. The van der Waals surface area contributed by atoms with E-state index in [1.807, 2.05) is 0 Å². The van der Waals surface area contributed by atoms with Crippen LogP contribution in [0.5, 0.6) is 23.0 Å². The highest BCUT2D eigenvalue weighted by Gasteiger charge is 2.13. The lowest BCUT2D eigenvalue weighted by molar-refractivity contribution is 0.275. The second-order valence-corrected chi connectivity index (χ2v) is 6.06. The molecule has 2 aromatic carbocycles. The van der Waals surface area contributed by atoms with Gasteiger partial charge in [-0.3, -0.25) is 4.79 Å². The van der Waals surface area contributed by atoms with Gasteiger partial charge in [0.15, 0.2) is 16.9 Å². The lowest BCUT2D eigenvalue weighted by Gasteiger charge is -2.06. The van der Waals surface area contributed by atoms with Crippen molar-refractivity contribution in [3.63, 3.8) is 0 Å². The summed E-state index contributed by atoms with van der Waals surface area (Å²) in [5, 5.41) is 37.9. The lowest BCUT2D eigenvalue weighted by Crippen LogP contribution is -2.00. The molecule has 0 bridgehead atoms. The molecule has 7 N–H and O–H groups in total. The van der Waals surface area contributed by atoms with Gasteiger partial charge in [-0.2, -0.15) is 0 Å². The Bertz CT molecular complexity index is 1060. The van der Waals surface area contributed by atoms with Gasteiger partial charge in [0.25, 0.3) is 0 Å². The first-order valence-corrected chi connectivity index (χ1v) is 8.32. The third-order valence-corrected chi connectivity index (χ3v) is 3.05. The quantitative estimate of drug-likeness (QED) is 0.238. The summed E-state index contributed by atoms with van der Waals surface area (Å²) in [6.07, 6.45) is 0. The SMILES string of the molecule is O=P(O)(O)O.O=c1cc(-c2ccc(O)c(O)c2)oc2cc(O)cc(O)c12. The van der Waals surface area contributed by atoms with Crippen LogP contribution in [0.3, 0.4) is 0 Å². The number of hydrogen-bond donors (Lipinski definition) is 7. The van der Waals surface area contributed by atoms with E-state index in [1.54, 1.807) is 0 Å². The van der Waals surface area contributed by atoms with Crippen LogP contribution in [-0.4, -0.2) is 35.1 Å². The topological polar surface area (TPSA) is 189 Å². The molecule has 11 heteroatoms. The number of hydrogen-bond acceptors (Lipinski definition) is 7. The zero-order valence-corrected chi connectivity index (χ0v) is 13.7. The van der Waals surface area contributed by atoms with Crippen molar-refractivity contribution < 1.29 is 44.1 Å². The zero-order chi connectivity index (χ0) is 19.6. The lowest BCUT2D eigenvalue weighted by atomic mass is 10.1. The third kappa shape index (κ3) is 4.74. The molecule has 3 rings (SSSR count). The predicted molar refractivity (Wildman–Crippen MR) is 88.8 cm³/mol. The van der Waals surface area contributed by atoms with Crippen LogP contribution >= 0.6 is 7.82 Å². The van der Waals surface area contributed by atoms with Crippen molar-refractivity contribution in [3.8, 4) is 34.3 Å². The number of benzene rings is 2. The van der Waals surface area contributed by atoms with Crippen LogP contribution in [0.1, 0.15) is 0 Å². The van der Waals surface area contributed by atoms with Crippen LogP contribution in [0.15, 0.2) is 45.6 Å². The van der Waals surface area contributed by atoms with E-state index in [0.29, 0.717) is 5.56 Å². The van der Waals surface area contributed by atoms with Crippen LogP contribution in [-0.2, 0) is 4.57 Å². The molecule has 0 saturated carbocycles. The molecule has 0 fully saturated rings. The molecule has 0 saturated heterocycles. The molecule has 0 aliphatic heterocycles. The van der Waals surface area contributed by atoms with Crippen molar-refractivity contribution >= 4 is 18.8 Å². The van der Waals surface area contributed by atoms with Crippen LogP contribution in [0, 0.1) is 0 Å². The minimum absolute atomic E-state index is 0.0163. The van der Waals surface area contributed by atoms with E-state index < -0.39 is 13.3 Å². The van der Waals surface area contributed by atoms with Crippen molar-refractivity contribution in [3.05, 3.63) is 46.6 Å². The van der Waals surface area contributed by atoms with Crippen molar-refractivity contribution in [1.82, 2.24) is 0 Å². The molecule has 1 heterocycles. The monoisotopic (exact) mass is 384 g/mol. The minimum atomic E-state index is -4.64. The highest BCUT2D eigenvalue weighted by atomic mass is 31.2. The Morgan fingerprint density at radius 2 is 1.42 bits per heavy atom. The van der Waals surface area contributed by atoms with Gasteiger partial charge in [-0.25, -0.2) is 4.57 Å². The number of rotatable bonds is 1. The van der Waals surface area contributed by atoms with Gasteiger partial charge >= 0.3 is 7.82 Å². The highest BCUT2D eigenvalue weighted by Crippen LogP contribution is 2.33. The number of phenols is 4. The summed E-state index contributed by atoms with van der Waals surface area (Å²) in [6, 6.07) is 7.37. The Kier molecular flexibility index (Phi) is 5.24. The Hall–Kier alpha value is -3.04. The smallest absolute Gasteiger partial charge is 0.466 e. The highest BCUT2D eigenvalue weighted by molar-refractivity contribution is 7.45. The van der Waals surface area contributed by atoms with Crippen LogP contribution < -0.4 is 5.43 Å². The molecule has 10 nitrogen and oxygen atoms in total. The van der Waals surface area contributed by atoms with Gasteiger partial charge in [0, 0.05) is 23.8 Å². The first-order valence-electron chi connectivity index (χ1n) is 6.76. The van der Waals surface area contributed by atoms with Gasteiger partial charge in [-0.15, -0.1) is 0 Å². The van der Waals surface area contributed by atoms with Gasteiger partial charge in [-0.1, -0.05) is 0 Å². The molecular weight excluding hydrogens is 371 g/mol. The molecule has 3 aromatic rings. The van der Waals surface area contributed by atoms with E-state index in [0.717, 1.165) is 12.1 Å². The minimum Gasteiger partial charge on any atom is -0.508 e. The summed E-state index contributed by atoms with van der Waals surface area (Å²) in [5.41, 5.74) is -0.106. The van der Waals surface area contributed by atoms with Gasteiger partial charge in [0.2, 0.25) is 0 Å². The van der Waals surface area contributed by atoms with Gasteiger partial charge < -0.3 is 39.5 Å². The third-order valence-electron chi connectivity index (χ3n) is 3.05. The van der Waals surface area contributed by atoms with Crippen molar-refractivity contribution in [2.75, 3.05) is 0 Å². The molecule has 0 spiro atoms. The van der Waals surface area contributed by atoms with Gasteiger partial charge in [0.05, 0.1) is 0 Å². The molecular formula is C15H13O10P. The van der Waals surface area contributed by atoms with E-state index in [4.69, 9.17) is 23.7 Å². The summed E-state index contributed by atoms with van der Waals surface area (Å²) in [7, 11) is -4.64. The molecule has 0 atom stereocenters. The second-order valence-electron chi connectivity index (χ2n) is 5.03. The average molecular weight is 384 g/mol. The zero-order valence-electron chi connectivity index (χ0n) is 12.8. The number of phenolic OH excluding ortho intramolecular Hbond substituents is 4. The van der Waals surface area contributed by atoms with E-state index >= 15 is 0 Å². The van der Waals surface area contributed by atoms with Gasteiger partial charge in [0.1, 0.15) is 28.2 Å². The first kappa shape index (κ1) is 19.3. The Balaban J connectivity index is 0.000000431. The van der Waals surface area contributed by atoms with Crippen molar-refractivity contribution in [1.29, 1.82) is 0 Å². The maximum Gasteiger partial charge on any atom is 0.466 e. The van der Waals surface area contributed by atoms with Crippen molar-refractivity contribution in [2.24, 2.45) is 0 Å². The number of aromatic hydroxyl groups is 4. The fraction of sp³-hybridized carbons (Fsp3) is 0.